The second-order valence-electron chi connectivity index (χ2n) is 10.1. The predicted molar refractivity (Wildman–Crippen MR) is 145 cm³/mol. The quantitative estimate of drug-likeness (QED) is 0.275. The van der Waals surface area contributed by atoms with Gasteiger partial charge in [0.05, 0.1) is 42.0 Å². The van der Waals surface area contributed by atoms with E-state index >= 15 is 0 Å². The Morgan fingerprint density at radius 1 is 1.15 bits per heavy atom. The molecule has 0 aliphatic carbocycles. The molecule has 0 aliphatic heterocycles. The van der Waals surface area contributed by atoms with Gasteiger partial charge in [-0.15, -0.1) is 5.10 Å². The smallest absolute Gasteiger partial charge is 0.420 e. The van der Waals surface area contributed by atoms with Gasteiger partial charge in [-0.05, 0) is 56.4 Å². The normalized spacial score (nSPS) is 11.8. The topological polar surface area (TPSA) is 99.8 Å². The van der Waals surface area contributed by atoms with Crippen LogP contribution in [0.4, 0.5) is 18.9 Å². The van der Waals surface area contributed by atoms with Crippen LogP contribution in [-0.2, 0) is 19.6 Å². The van der Waals surface area contributed by atoms with E-state index in [4.69, 9.17) is 4.74 Å². The second-order valence-corrected chi connectivity index (χ2v) is 10.1. The maximum atomic E-state index is 13.9. The number of aryl methyl sites for hydroxylation is 3. The lowest BCUT2D eigenvalue weighted by molar-refractivity contribution is -0.138. The number of ether oxygens (including phenoxy) is 1. The van der Waals surface area contributed by atoms with Crippen LogP contribution < -0.4 is 10.1 Å². The highest BCUT2D eigenvalue weighted by Gasteiger charge is 2.36. The SMILES string of the molecule is COc1c(CCCC(C)C)cc(NC(=O)c2cnc(C)c(-n3cc(-c4cnn(C)c4C)nn3)c2)cc1C(F)(F)F. The molecule has 212 valence electrons. The van der Waals surface area contributed by atoms with Gasteiger partial charge in [0.15, 0.2) is 0 Å². The molecule has 4 rings (SSSR count). The van der Waals surface area contributed by atoms with Crippen molar-refractivity contribution in [2.45, 2.75) is 53.1 Å². The molecule has 0 bridgehead atoms. The molecule has 40 heavy (non-hydrogen) atoms. The van der Waals surface area contributed by atoms with Crippen molar-refractivity contribution in [1.82, 2.24) is 29.8 Å². The molecule has 0 saturated heterocycles. The number of methoxy groups -OCH3 is 1. The van der Waals surface area contributed by atoms with Crippen molar-refractivity contribution < 1.29 is 22.7 Å². The molecular weight excluding hydrogens is 523 g/mol. The molecular formula is C28H32F3N7O2. The summed E-state index contributed by atoms with van der Waals surface area (Å²) in [5, 5.41) is 15.3. The predicted octanol–water partition coefficient (Wildman–Crippen LogP) is 5.94. The first-order chi connectivity index (χ1) is 18.9. The minimum atomic E-state index is -4.66. The van der Waals surface area contributed by atoms with Gasteiger partial charge in [-0.2, -0.15) is 18.3 Å². The standard InChI is InChI=1S/C28H32F3N7O2/c1-16(2)8-7-9-19-10-21(12-23(26(19)40-6)28(29,30)31)34-27(39)20-11-25(17(3)32-13-20)38-15-24(35-36-38)22-14-33-37(5)18(22)4/h10-16H,7-9H2,1-6H3,(H,34,39). The lowest BCUT2D eigenvalue weighted by Crippen LogP contribution is -2.16. The fraction of sp³-hybridized carbons (Fsp3) is 0.393. The number of rotatable bonds is 9. The van der Waals surface area contributed by atoms with Crippen molar-refractivity contribution in [2.75, 3.05) is 12.4 Å². The molecule has 1 N–H and O–H groups in total. The van der Waals surface area contributed by atoms with E-state index in [9.17, 15) is 18.0 Å². The molecule has 0 radical (unpaired) electrons. The van der Waals surface area contributed by atoms with Crippen molar-refractivity contribution in [1.29, 1.82) is 0 Å². The Labute approximate surface area is 230 Å². The van der Waals surface area contributed by atoms with Crippen LogP contribution in [0.15, 0.2) is 36.8 Å². The first kappa shape index (κ1) is 28.8. The third-order valence-corrected chi connectivity index (χ3v) is 6.73. The Morgan fingerprint density at radius 2 is 1.90 bits per heavy atom. The number of benzene rings is 1. The molecule has 0 fully saturated rings. The van der Waals surface area contributed by atoms with E-state index in [0.717, 1.165) is 23.7 Å². The summed E-state index contributed by atoms with van der Waals surface area (Å²) in [6, 6.07) is 4.00. The van der Waals surface area contributed by atoms with Crippen molar-refractivity contribution in [2.24, 2.45) is 13.0 Å². The highest BCUT2D eigenvalue weighted by molar-refractivity contribution is 6.04. The molecule has 4 aromatic rings. The summed E-state index contributed by atoms with van der Waals surface area (Å²) in [6.07, 6.45) is 2.03. The van der Waals surface area contributed by atoms with Crippen LogP contribution >= 0.6 is 0 Å². The summed E-state index contributed by atoms with van der Waals surface area (Å²) < 4.78 is 50.1. The van der Waals surface area contributed by atoms with Crippen LogP contribution in [0.5, 0.6) is 5.75 Å². The van der Waals surface area contributed by atoms with Gasteiger partial charge >= 0.3 is 6.18 Å². The number of pyridine rings is 1. The van der Waals surface area contributed by atoms with Crippen LogP contribution in [0.1, 0.15) is 59.6 Å². The number of carbonyl (C=O) groups is 1. The molecule has 0 aliphatic rings. The molecule has 0 spiro atoms. The lowest BCUT2D eigenvalue weighted by Gasteiger charge is -2.19. The third kappa shape index (κ3) is 6.16. The van der Waals surface area contributed by atoms with Gasteiger partial charge in [-0.1, -0.05) is 25.5 Å². The monoisotopic (exact) mass is 555 g/mol. The Morgan fingerprint density at radius 3 is 2.52 bits per heavy atom. The maximum absolute atomic E-state index is 13.9. The zero-order valence-corrected chi connectivity index (χ0v) is 23.3. The van der Waals surface area contributed by atoms with Gasteiger partial charge in [-0.25, -0.2) is 4.68 Å². The van der Waals surface area contributed by atoms with Gasteiger partial charge in [-0.3, -0.25) is 14.5 Å². The summed E-state index contributed by atoms with van der Waals surface area (Å²) in [5.74, 6) is -0.420. The first-order valence-electron chi connectivity index (χ1n) is 12.9. The summed E-state index contributed by atoms with van der Waals surface area (Å²) in [6.45, 7) is 7.78. The van der Waals surface area contributed by atoms with E-state index in [1.807, 2.05) is 14.0 Å². The van der Waals surface area contributed by atoms with Crippen LogP contribution in [-0.4, -0.2) is 42.8 Å². The minimum Gasteiger partial charge on any atom is -0.496 e. The molecule has 1 amide bonds. The molecule has 3 aromatic heterocycles. The van der Waals surface area contributed by atoms with Gasteiger partial charge in [0, 0.05) is 30.2 Å². The van der Waals surface area contributed by atoms with Gasteiger partial charge in [0.1, 0.15) is 11.4 Å². The molecule has 12 heteroatoms. The number of nitrogens with one attached hydrogen (secondary N) is 1. The molecule has 1 aromatic carbocycles. The van der Waals surface area contributed by atoms with E-state index in [-0.39, 0.29) is 17.0 Å². The number of hydrogen-bond acceptors (Lipinski definition) is 6. The van der Waals surface area contributed by atoms with Crippen LogP contribution in [0.2, 0.25) is 0 Å². The minimum absolute atomic E-state index is 0.0230. The Balaban J connectivity index is 1.64. The number of nitrogens with zero attached hydrogens (tertiary/aromatic N) is 6. The van der Waals surface area contributed by atoms with Crippen LogP contribution in [0, 0.1) is 19.8 Å². The summed E-state index contributed by atoms with van der Waals surface area (Å²) in [5.41, 5.74) is 3.06. The largest absolute Gasteiger partial charge is 0.496 e. The van der Waals surface area contributed by atoms with E-state index in [2.05, 4.69) is 39.6 Å². The van der Waals surface area contributed by atoms with Crippen molar-refractivity contribution in [3.05, 3.63) is 64.9 Å². The van der Waals surface area contributed by atoms with Gasteiger partial charge < -0.3 is 10.1 Å². The van der Waals surface area contributed by atoms with Crippen molar-refractivity contribution >= 4 is 11.6 Å². The van der Waals surface area contributed by atoms with Crippen molar-refractivity contribution in [3.8, 4) is 22.7 Å². The zero-order valence-electron chi connectivity index (χ0n) is 23.3. The summed E-state index contributed by atoms with van der Waals surface area (Å²) in [4.78, 5) is 17.5. The fourth-order valence-electron chi connectivity index (χ4n) is 4.44. The average molecular weight is 556 g/mol. The van der Waals surface area contributed by atoms with Gasteiger partial charge in [0.25, 0.3) is 5.91 Å². The number of alkyl halides is 3. The van der Waals surface area contributed by atoms with E-state index in [1.165, 1.54) is 24.1 Å². The number of anilines is 1. The molecule has 0 atom stereocenters. The Hall–Kier alpha value is -4.22. The fourth-order valence-corrected chi connectivity index (χ4v) is 4.44. The number of hydrogen-bond donors (Lipinski definition) is 1. The molecule has 9 nitrogen and oxygen atoms in total. The number of aromatic nitrogens is 6. The highest BCUT2D eigenvalue weighted by Crippen LogP contribution is 2.41. The first-order valence-corrected chi connectivity index (χ1v) is 12.9. The van der Waals surface area contributed by atoms with Gasteiger partial charge in [0.2, 0.25) is 0 Å². The third-order valence-electron chi connectivity index (χ3n) is 6.73. The second kappa shape index (κ2) is 11.5. The molecule has 0 unspecified atom stereocenters. The Kier molecular flexibility index (Phi) is 8.26. The zero-order chi connectivity index (χ0) is 29.2. The maximum Gasteiger partial charge on any atom is 0.420 e. The highest BCUT2D eigenvalue weighted by atomic mass is 19.4. The summed E-state index contributed by atoms with van der Waals surface area (Å²) in [7, 11) is 3.05. The Bertz CT molecular complexity index is 1520. The number of halogens is 3. The molecule has 0 saturated carbocycles. The lowest BCUT2D eigenvalue weighted by atomic mass is 9.98. The van der Waals surface area contributed by atoms with E-state index < -0.39 is 17.6 Å². The number of amides is 1. The van der Waals surface area contributed by atoms with E-state index in [0.29, 0.717) is 41.4 Å². The van der Waals surface area contributed by atoms with Crippen LogP contribution in [0.3, 0.4) is 0 Å². The summed E-state index contributed by atoms with van der Waals surface area (Å²) >= 11 is 0. The van der Waals surface area contributed by atoms with Crippen LogP contribution in [0.25, 0.3) is 16.9 Å². The number of carbonyl (C=O) groups excluding carboxylic acids is 1. The van der Waals surface area contributed by atoms with Crippen molar-refractivity contribution in [3.63, 3.8) is 0 Å². The molecule has 3 heterocycles. The average Bonchev–Trinajstić information content (AvgIpc) is 3.50. The van der Waals surface area contributed by atoms with E-state index in [1.54, 1.807) is 30.1 Å².